The Kier molecular flexibility index (Phi) is 9.21. The lowest BCUT2D eigenvalue weighted by Crippen LogP contribution is -2.37. The van der Waals surface area contributed by atoms with Crippen molar-refractivity contribution in [1.82, 2.24) is 15.6 Å². The molecule has 3 unspecified atom stereocenters. The standard InChI is InChI=1S/C17H22F2N4O3.C7H6F2O/c1-10-2-3-14(26-10)16(25)23-11-4-5-20-13(6-11)15(24)21-8-12-7-17(18,19)9-22-12;1-10-6-4-2-3-5(8)7(6)9/h4-6,10,12,14,22H,2-3,7-9H2,1H3,(H,21,24)(H,20,23,25);2-4H,1H3. The maximum Gasteiger partial charge on any atom is 0.270 e. The van der Waals surface area contributed by atoms with Crippen LogP contribution in [0.15, 0.2) is 36.5 Å². The molecule has 2 fully saturated rings. The molecule has 4 rings (SSSR count). The Bertz CT molecular complexity index is 1070. The predicted molar refractivity (Wildman–Crippen MR) is 123 cm³/mol. The first-order valence-electron chi connectivity index (χ1n) is 11.4. The van der Waals surface area contributed by atoms with Gasteiger partial charge in [-0.1, -0.05) is 6.07 Å². The van der Waals surface area contributed by atoms with Crippen LogP contribution < -0.4 is 20.7 Å². The van der Waals surface area contributed by atoms with E-state index in [0.29, 0.717) is 12.1 Å². The highest BCUT2D eigenvalue weighted by molar-refractivity contribution is 5.97. The SMILES string of the molecule is CC1CCC(C(=O)Nc2ccnc(C(=O)NCC3CC(F)(F)CN3)c2)O1.COc1cccc(F)c1F. The third kappa shape index (κ3) is 7.62. The van der Waals surface area contributed by atoms with E-state index >= 15 is 0 Å². The maximum atomic E-state index is 13.1. The number of anilines is 1. The molecule has 0 aliphatic carbocycles. The van der Waals surface area contributed by atoms with Gasteiger partial charge < -0.3 is 25.4 Å². The van der Waals surface area contributed by atoms with Crippen molar-refractivity contribution in [2.75, 3.05) is 25.5 Å². The lowest BCUT2D eigenvalue weighted by molar-refractivity contribution is -0.126. The number of hydrogen-bond donors (Lipinski definition) is 3. The summed E-state index contributed by atoms with van der Waals surface area (Å²) in [6.45, 7) is 1.62. The number of nitrogens with one attached hydrogen (secondary N) is 3. The molecule has 2 amide bonds. The molecule has 8 nitrogen and oxygen atoms in total. The van der Waals surface area contributed by atoms with Crippen LogP contribution in [0.25, 0.3) is 0 Å². The van der Waals surface area contributed by atoms with Crippen molar-refractivity contribution in [2.24, 2.45) is 0 Å². The van der Waals surface area contributed by atoms with Gasteiger partial charge in [0.1, 0.15) is 11.8 Å². The highest BCUT2D eigenvalue weighted by Gasteiger charge is 2.39. The van der Waals surface area contributed by atoms with E-state index in [1.165, 1.54) is 31.5 Å². The van der Waals surface area contributed by atoms with Crippen molar-refractivity contribution in [3.8, 4) is 5.75 Å². The van der Waals surface area contributed by atoms with Crippen LogP contribution >= 0.6 is 0 Å². The molecule has 1 aromatic heterocycles. The number of aromatic nitrogens is 1. The molecule has 3 N–H and O–H groups in total. The minimum atomic E-state index is -2.74. The quantitative estimate of drug-likeness (QED) is 0.514. The molecule has 3 atom stereocenters. The summed E-state index contributed by atoms with van der Waals surface area (Å²) in [7, 11) is 1.29. The zero-order valence-corrected chi connectivity index (χ0v) is 19.8. The molecule has 12 heteroatoms. The van der Waals surface area contributed by atoms with Gasteiger partial charge in [-0.2, -0.15) is 4.39 Å². The van der Waals surface area contributed by atoms with Crippen LogP contribution in [-0.2, 0) is 9.53 Å². The number of rotatable bonds is 6. The topological polar surface area (TPSA) is 102 Å². The van der Waals surface area contributed by atoms with Gasteiger partial charge >= 0.3 is 0 Å². The second kappa shape index (κ2) is 12.1. The second-order valence-electron chi connectivity index (χ2n) is 8.54. The Morgan fingerprint density at radius 2 is 2.03 bits per heavy atom. The Labute approximate surface area is 205 Å². The number of nitrogens with zero attached hydrogens (tertiary/aromatic N) is 1. The molecule has 2 aromatic rings. The molecule has 0 radical (unpaired) electrons. The van der Waals surface area contributed by atoms with Crippen molar-refractivity contribution in [2.45, 2.75) is 50.4 Å². The monoisotopic (exact) mass is 512 g/mol. The van der Waals surface area contributed by atoms with Gasteiger partial charge in [-0.05, 0) is 44.0 Å². The molecule has 2 aliphatic rings. The van der Waals surface area contributed by atoms with E-state index in [0.717, 1.165) is 12.5 Å². The van der Waals surface area contributed by atoms with E-state index in [-0.39, 0.29) is 43.0 Å². The summed E-state index contributed by atoms with van der Waals surface area (Å²) < 4.78 is 61.1. The zero-order valence-electron chi connectivity index (χ0n) is 19.8. The van der Waals surface area contributed by atoms with Crippen molar-refractivity contribution in [1.29, 1.82) is 0 Å². The fourth-order valence-electron chi connectivity index (χ4n) is 3.74. The Morgan fingerprint density at radius 1 is 1.25 bits per heavy atom. The molecule has 0 spiro atoms. The van der Waals surface area contributed by atoms with E-state index < -0.39 is 35.6 Å². The number of carbonyl (C=O) groups is 2. The number of carbonyl (C=O) groups excluding carboxylic acids is 2. The van der Waals surface area contributed by atoms with E-state index in [1.807, 2.05) is 6.92 Å². The van der Waals surface area contributed by atoms with Crippen molar-refractivity contribution < 1.29 is 36.6 Å². The number of benzene rings is 1. The third-order valence-electron chi connectivity index (χ3n) is 5.62. The number of halogens is 4. The molecule has 36 heavy (non-hydrogen) atoms. The summed E-state index contributed by atoms with van der Waals surface area (Å²) in [5, 5.41) is 7.97. The Balaban J connectivity index is 0.000000303. The summed E-state index contributed by atoms with van der Waals surface area (Å²) in [6, 6.07) is 6.33. The molecule has 0 bridgehead atoms. The van der Waals surface area contributed by atoms with Crippen molar-refractivity contribution in [3.63, 3.8) is 0 Å². The molecular formula is C24H28F4N4O4. The number of alkyl halides is 2. The van der Waals surface area contributed by atoms with E-state index in [4.69, 9.17) is 4.74 Å². The zero-order chi connectivity index (χ0) is 26.3. The van der Waals surface area contributed by atoms with Crippen LogP contribution in [0, 0.1) is 11.6 Å². The van der Waals surface area contributed by atoms with Crippen molar-refractivity contribution >= 4 is 17.5 Å². The largest absolute Gasteiger partial charge is 0.494 e. The minimum Gasteiger partial charge on any atom is -0.494 e. The number of methoxy groups -OCH3 is 1. The summed E-state index contributed by atoms with van der Waals surface area (Å²) in [4.78, 5) is 28.3. The average molecular weight is 513 g/mol. The van der Waals surface area contributed by atoms with Gasteiger partial charge in [0, 0.05) is 30.9 Å². The lowest BCUT2D eigenvalue weighted by Gasteiger charge is -2.13. The van der Waals surface area contributed by atoms with Gasteiger partial charge in [-0.15, -0.1) is 0 Å². The highest BCUT2D eigenvalue weighted by Crippen LogP contribution is 2.25. The number of hydrogen-bond acceptors (Lipinski definition) is 6. The van der Waals surface area contributed by atoms with Gasteiger partial charge in [0.2, 0.25) is 5.82 Å². The smallest absolute Gasteiger partial charge is 0.270 e. The van der Waals surface area contributed by atoms with E-state index in [9.17, 15) is 27.2 Å². The third-order valence-corrected chi connectivity index (χ3v) is 5.62. The summed E-state index contributed by atoms with van der Waals surface area (Å²) in [5.41, 5.74) is 0.539. The van der Waals surface area contributed by atoms with Crippen LogP contribution in [0.4, 0.5) is 23.2 Å². The fraction of sp³-hybridized carbons (Fsp3) is 0.458. The van der Waals surface area contributed by atoms with Gasteiger partial charge in [0.05, 0.1) is 19.8 Å². The van der Waals surface area contributed by atoms with Crippen LogP contribution in [0.1, 0.15) is 36.7 Å². The molecule has 2 saturated heterocycles. The molecular weight excluding hydrogens is 484 g/mol. The van der Waals surface area contributed by atoms with Crippen LogP contribution in [0.2, 0.25) is 0 Å². The number of pyridine rings is 1. The first kappa shape index (κ1) is 27.3. The predicted octanol–water partition coefficient (Wildman–Crippen LogP) is 3.29. The summed E-state index contributed by atoms with van der Waals surface area (Å²) in [5.74, 6) is -5.38. The Hall–Kier alpha value is -3.25. The molecule has 1 aromatic carbocycles. The van der Waals surface area contributed by atoms with Gasteiger partial charge in [0.15, 0.2) is 11.6 Å². The normalized spacial score (nSPS) is 22.3. The minimum absolute atomic E-state index is 0.0566. The van der Waals surface area contributed by atoms with Gasteiger partial charge in [-0.3, -0.25) is 14.6 Å². The number of amides is 2. The van der Waals surface area contributed by atoms with Crippen LogP contribution in [0.5, 0.6) is 5.75 Å². The van der Waals surface area contributed by atoms with Crippen LogP contribution in [0.3, 0.4) is 0 Å². The number of ether oxygens (including phenoxy) is 2. The van der Waals surface area contributed by atoms with Gasteiger partial charge in [0.25, 0.3) is 17.7 Å². The van der Waals surface area contributed by atoms with E-state index in [2.05, 4.69) is 25.7 Å². The lowest BCUT2D eigenvalue weighted by atomic mass is 10.2. The van der Waals surface area contributed by atoms with E-state index in [1.54, 1.807) is 6.07 Å². The Morgan fingerprint density at radius 3 is 2.64 bits per heavy atom. The highest BCUT2D eigenvalue weighted by atomic mass is 19.3. The van der Waals surface area contributed by atoms with Crippen molar-refractivity contribution in [3.05, 3.63) is 53.9 Å². The summed E-state index contributed by atoms with van der Waals surface area (Å²) >= 11 is 0. The molecule has 2 aliphatic heterocycles. The average Bonchev–Trinajstić information content (AvgIpc) is 3.44. The molecule has 196 valence electrons. The maximum absolute atomic E-state index is 13.1. The first-order chi connectivity index (χ1) is 17.1. The second-order valence-corrected chi connectivity index (χ2v) is 8.54. The summed E-state index contributed by atoms with van der Waals surface area (Å²) in [6.07, 6.45) is 2.15. The first-order valence-corrected chi connectivity index (χ1v) is 11.4. The van der Waals surface area contributed by atoms with Crippen LogP contribution in [-0.4, -0.2) is 61.2 Å². The molecule has 0 saturated carbocycles. The molecule has 3 heterocycles. The van der Waals surface area contributed by atoms with Gasteiger partial charge in [-0.25, -0.2) is 13.2 Å². The fourth-order valence-corrected chi connectivity index (χ4v) is 3.74.